The van der Waals surface area contributed by atoms with Crippen molar-refractivity contribution >= 4 is 17.7 Å². The summed E-state index contributed by atoms with van der Waals surface area (Å²) < 4.78 is 7.47. The van der Waals surface area contributed by atoms with Gasteiger partial charge in [0.15, 0.2) is 10.9 Å². The Morgan fingerprint density at radius 2 is 1.79 bits per heavy atom. The van der Waals surface area contributed by atoms with E-state index in [1.54, 1.807) is 6.26 Å². The van der Waals surface area contributed by atoms with Crippen LogP contribution in [-0.4, -0.2) is 43.4 Å². The van der Waals surface area contributed by atoms with Crippen molar-refractivity contribution in [3.05, 3.63) is 48.2 Å². The zero-order chi connectivity index (χ0) is 20.3. The summed E-state index contributed by atoms with van der Waals surface area (Å²) in [4.78, 5) is 14.7. The fourth-order valence-corrected chi connectivity index (χ4v) is 4.05. The zero-order valence-corrected chi connectivity index (χ0v) is 17.7. The molecule has 0 aliphatic carbocycles. The Balaban J connectivity index is 1.91. The van der Waals surface area contributed by atoms with Crippen LogP contribution in [0.2, 0.25) is 0 Å². The lowest BCUT2D eigenvalue weighted by molar-refractivity contribution is -0.131. The summed E-state index contributed by atoms with van der Waals surface area (Å²) in [5, 5.41) is 9.32. The number of aromatic nitrogens is 3. The van der Waals surface area contributed by atoms with Gasteiger partial charge < -0.3 is 9.32 Å². The molecule has 2 aromatic heterocycles. The molecule has 0 bridgehead atoms. The van der Waals surface area contributed by atoms with Crippen molar-refractivity contribution < 1.29 is 9.21 Å². The van der Waals surface area contributed by atoms with Gasteiger partial charge in [0.05, 0.1) is 12.0 Å². The summed E-state index contributed by atoms with van der Waals surface area (Å²) in [5.74, 6) is 1.65. The Morgan fingerprint density at radius 3 is 2.36 bits per heavy atom. The third kappa shape index (κ3) is 4.30. The molecule has 0 atom stereocenters. The molecule has 0 N–H and O–H groups in total. The van der Waals surface area contributed by atoms with Gasteiger partial charge in [0.25, 0.3) is 0 Å². The molecule has 0 radical (unpaired) electrons. The second-order valence-corrected chi connectivity index (χ2v) is 8.17. The van der Waals surface area contributed by atoms with E-state index in [-0.39, 0.29) is 18.0 Å². The van der Waals surface area contributed by atoms with Crippen LogP contribution in [0.3, 0.4) is 0 Å². The first kappa shape index (κ1) is 20.2. The number of carbonyl (C=O) groups is 1. The standard InChI is InChI=1S/C21H26N4O2S/c1-14(2)24(15(3)4)19(26)13-28-21-23-22-20(18-7-6-12-27-18)25(21)17-10-8-16(5)9-11-17/h6-12,14-15H,13H2,1-5H3. The molecule has 7 heteroatoms. The second kappa shape index (κ2) is 8.65. The number of thioether (sulfide) groups is 1. The van der Waals surface area contributed by atoms with Gasteiger partial charge in [-0.2, -0.15) is 0 Å². The minimum absolute atomic E-state index is 0.0907. The molecule has 0 unspecified atom stereocenters. The van der Waals surface area contributed by atoms with E-state index in [4.69, 9.17) is 4.42 Å². The molecule has 0 saturated heterocycles. The highest BCUT2D eigenvalue weighted by atomic mass is 32.2. The molecule has 148 valence electrons. The van der Waals surface area contributed by atoms with Crippen molar-refractivity contribution in [2.45, 2.75) is 51.9 Å². The van der Waals surface area contributed by atoms with Gasteiger partial charge in [-0.05, 0) is 58.9 Å². The van der Waals surface area contributed by atoms with Crippen LogP contribution in [0, 0.1) is 6.92 Å². The van der Waals surface area contributed by atoms with E-state index in [2.05, 4.69) is 10.2 Å². The largest absolute Gasteiger partial charge is 0.461 e. The highest BCUT2D eigenvalue weighted by molar-refractivity contribution is 7.99. The first-order valence-electron chi connectivity index (χ1n) is 9.38. The molecule has 0 saturated carbocycles. The lowest BCUT2D eigenvalue weighted by Gasteiger charge is -2.30. The number of nitrogens with zero attached hydrogens (tertiary/aromatic N) is 4. The van der Waals surface area contributed by atoms with Gasteiger partial charge in [-0.15, -0.1) is 10.2 Å². The fourth-order valence-electron chi connectivity index (χ4n) is 3.23. The number of furan rings is 1. The van der Waals surface area contributed by atoms with Gasteiger partial charge >= 0.3 is 0 Å². The molecule has 0 spiro atoms. The van der Waals surface area contributed by atoms with Crippen molar-refractivity contribution in [1.29, 1.82) is 0 Å². The molecule has 2 heterocycles. The molecular formula is C21H26N4O2S. The monoisotopic (exact) mass is 398 g/mol. The highest BCUT2D eigenvalue weighted by Crippen LogP contribution is 2.28. The molecule has 6 nitrogen and oxygen atoms in total. The smallest absolute Gasteiger partial charge is 0.233 e. The maximum absolute atomic E-state index is 12.8. The third-order valence-electron chi connectivity index (χ3n) is 4.39. The lowest BCUT2D eigenvalue weighted by Crippen LogP contribution is -2.43. The van der Waals surface area contributed by atoms with E-state index in [0.29, 0.717) is 22.5 Å². The summed E-state index contributed by atoms with van der Waals surface area (Å²) in [6, 6.07) is 12.1. The first-order chi connectivity index (χ1) is 13.4. The van der Waals surface area contributed by atoms with Crippen molar-refractivity contribution in [3.63, 3.8) is 0 Å². The minimum atomic E-state index is 0.0907. The minimum Gasteiger partial charge on any atom is -0.461 e. The highest BCUT2D eigenvalue weighted by Gasteiger charge is 2.23. The number of rotatable bonds is 7. The lowest BCUT2D eigenvalue weighted by atomic mass is 10.2. The van der Waals surface area contributed by atoms with Gasteiger partial charge in [0, 0.05) is 17.8 Å². The van der Waals surface area contributed by atoms with Gasteiger partial charge in [0.2, 0.25) is 11.7 Å². The normalized spacial score (nSPS) is 11.4. The van der Waals surface area contributed by atoms with E-state index in [1.165, 1.54) is 17.3 Å². The van der Waals surface area contributed by atoms with E-state index in [9.17, 15) is 4.79 Å². The van der Waals surface area contributed by atoms with Crippen molar-refractivity contribution in [2.24, 2.45) is 0 Å². The van der Waals surface area contributed by atoms with Gasteiger partial charge in [-0.25, -0.2) is 0 Å². The number of carbonyl (C=O) groups excluding carboxylic acids is 1. The maximum Gasteiger partial charge on any atom is 0.233 e. The van der Waals surface area contributed by atoms with Gasteiger partial charge in [-0.3, -0.25) is 9.36 Å². The Bertz CT molecular complexity index is 907. The van der Waals surface area contributed by atoms with Crippen LogP contribution in [0.5, 0.6) is 0 Å². The Labute approximate surface area is 169 Å². The number of aryl methyl sites for hydroxylation is 1. The molecule has 0 fully saturated rings. The van der Waals surface area contributed by atoms with E-state index < -0.39 is 0 Å². The van der Waals surface area contributed by atoms with E-state index in [0.717, 1.165) is 5.69 Å². The number of amides is 1. The van der Waals surface area contributed by atoms with Gasteiger partial charge in [-0.1, -0.05) is 29.5 Å². The zero-order valence-electron chi connectivity index (χ0n) is 16.9. The fraction of sp³-hybridized carbons (Fsp3) is 0.381. The van der Waals surface area contributed by atoms with Crippen molar-refractivity contribution in [2.75, 3.05) is 5.75 Å². The van der Waals surface area contributed by atoms with Crippen LogP contribution in [-0.2, 0) is 4.79 Å². The van der Waals surface area contributed by atoms with Gasteiger partial charge in [0.1, 0.15) is 0 Å². The average Bonchev–Trinajstić information content (AvgIpc) is 3.29. The molecule has 28 heavy (non-hydrogen) atoms. The summed E-state index contributed by atoms with van der Waals surface area (Å²) in [6.07, 6.45) is 1.61. The van der Waals surface area contributed by atoms with Crippen LogP contribution in [0.4, 0.5) is 0 Å². The predicted octanol–water partition coefficient (Wildman–Crippen LogP) is 4.57. The summed E-state index contributed by atoms with van der Waals surface area (Å²) in [7, 11) is 0. The molecular weight excluding hydrogens is 372 g/mol. The molecule has 3 rings (SSSR count). The number of hydrogen-bond acceptors (Lipinski definition) is 5. The molecule has 3 aromatic rings. The van der Waals surface area contributed by atoms with E-state index in [1.807, 2.05) is 80.5 Å². The van der Waals surface area contributed by atoms with Crippen LogP contribution < -0.4 is 0 Å². The number of benzene rings is 1. The number of hydrogen-bond donors (Lipinski definition) is 0. The average molecular weight is 399 g/mol. The maximum atomic E-state index is 12.8. The predicted molar refractivity (Wildman–Crippen MR) is 112 cm³/mol. The van der Waals surface area contributed by atoms with Crippen LogP contribution >= 0.6 is 11.8 Å². The first-order valence-corrected chi connectivity index (χ1v) is 10.4. The molecule has 0 aliphatic heterocycles. The topological polar surface area (TPSA) is 64.2 Å². The Morgan fingerprint density at radius 1 is 1.11 bits per heavy atom. The van der Waals surface area contributed by atoms with Crippen LogP contribution in [0.15, 0.2) is 52.2 Å². The summed E-state index contributed by atoms with van der Waals surface area (Å²) in [6.45, 7) is 10.2. The van der Waals surface area contributed by atoms with Crippen molar-refractivity contribution in [3.8, 4) is 17.3 Å². The quantitative estimate of drug-likeness (QED) is 0.545. The summed E-state index contributed by atoms with van der Waals surface area (Å²) >= 11 is 1.39. The SMILES string of the molecule is Cc1ccc(-n2c(SCC(=O)N(C(C)C)C(C)C)nnc2-c2ccco2)cc1. The van der Waals surface area contributed by atoms with E-state index >= 15 is 0 Å². The van der Waals surface area contributed by atoms with Crippen LogP contribution in [0.1, 0.15) is 33.3 Å². The van der Waals surface area contributed by atoms with Crippen LogP contribution in [0.25, 0.3) is 17.3 Å². The Kier molecular flexibility index (Phi) is 6.24. The Hall–Kier alpha value is -2.54. The molecule has 0 aliphatic rings. The third-order valence-corrected chi connectivity index (χ3v) is 5.31. The molecule has 1 aromatic carbocycles. The summed E-state index contributed by atoms with van der Waals surface area (Å²) in [5.41, 5.74) is 2.10. The van der Waals surface area contributed by atoms with Crippen molar-refractivity contribution in [1.82, 2.24) is 19.7 Å². The second-order valence-electron chi connectivity index (χ2n) is 7.23. The molecule has 1 amide bonds.